The number of hydrogen-bond acceptors (Lipinski definition) is 4. The van der Waals surface area contributed by atoms with E-state index in [4.69, 9.17) is 4.74 Å². The lowest BCUT2D eigenvalue weighted by atomic mass is 10.1. The normalized spacial score (nSPS) is 13.0. The number of rotatable bonds is 3. The molecular formula is C18H15N3O3. The SMILES string of the molecule is COc1ccc2[nH]c(O)c(-c3[nH]c4c(c3N=O)=CC=CCC=4)c2c1. The van der Waals surface area contributed by atoms with Crippen LogP contribution in [0.2, 0.25) is 0 Å². The largest absolute Gasteiger partial charge is 0.497 e. The lowest BCUT2D eigenvalue weighted by Gasteiger charge is -2.01. The highest BCUT2D eigenvalue weighted by Gasteiger charge is 2.20. The Kier molecular flexibility index (Phi) is 3.23. The van der Waals surface area contributed by atoms with Crippen LogP contribution in [-0.4, -0.2) is 22.2 Å². The van der Waals surface area contributed by atoms with Crippen LogP contribution >= 0.6 is 0 Å². The minimum atomic E-state index is -0.0184. The molecule has 1 aromatic carbocycles. The second-order valence-corrected chi connectivity index (χ2v) is 5.56. The van der Waals surface area contributed by atoms with Gasteiger partial charge in [-0.25, -0.2) is 0 Å². The molecule has 3 aromatic rings. The van der Waals surface area contributed by atoms with Gasteiger partial charge >= 0.3 is 0 Å². The van der Waals surface area contributed by atoms with Crippen LogP contribution in [0.15, 0.2) is 35.5 Å². The van der Waals surface area contributed by atoms with Crippen LogP contribution < -0.4 is 15.3 Å². The molecule has 1 aliphatic rings. The summed E-state index contributed by atoms with van der Waals surface area (Å²) in [6.07, 6.45) is 8.49. The van der Waals surface area contributed by atoms with Gasteiger partial charge in [-0.05, 0) is 29.8 Å². The van der Waals surface area contributed by atoms with E-state index in [1.807, 2.05) is 36.4 Å². The van der Waals surface area contributed by atoms with Crippen molar-refractivity contribution >= 4 is 28.7 Å². The molecule has 2 heterocycles. The molecule has 0 radical (unpaired) electrons. The van der Waals surface area contributed by atoms with E-state index in [9.17, 15) is 10.0 Å². The number of aromatic hydroxyl groups is 1. The Morgan fingerprint density at radius 2 is 2.17 bits per heavy atom. The number of benzene rings is 1. The molecule has 6 heteroatoms. The van der Waals surface area contributed by atoms with Crippen molar-refractivity contribution in [1.82, 2.24) is 9.97 Å². The number of H-pyrrole nitrogens is 2. The molecule has 0 aliphatic heterocycles. The zero-order chi connectivity index (χ0) is 16.7. The molecule has 120 valence electrons. The highest BCUT2D eigenvalue weighted by molar-refractivity contribution is 6.01. The van der Waals surface area contributed by atoms with E-state index in [-0.39, 0.29) is 11.6 Å². The summed E-state index contributed by atoms with van der Waals surface area (Å²) in [4.78, 5) is 17.6. The highest BCUT2D eigenvalue weighted by atomic mass is 16.5. The lowest BCUT2D eigenvalue weighted by Crippen LogP contribution is -2.21. The van der Waals surface area contributed by atoms with Gasteiger partial charge in [0.15, 0.2) is 5.88 Å². The Labute approximate surface area is 136 Å². The number of hydrogen-bond donors (Lipinski definition) is 3. The van der Waals surface area contributed by atoms with Crippen LogP contribution in [0.1, 0.15) is 6.42 Å². The molecule has 0 fully saturated rings. The minimum Gasteiger partial charge on any atom is -0.497 e. The Morgan fingerprint density at radius 3 is 2.96 bits per heavy atom. The third-order valence-corrected chi connectivity index (χ3v) is 4.23. The second-order valence-electron chi connectivity index (χ2n) is 5.56. The zero-order valence-electron chi connectivity index (χ0n) is 13.0. The van der Waals surface area contributed by atoms with Crippen molar-refractivity contribution < 1.29 is 9.84 Å². The summed E-state index contributed by atoms with van der Waals surface area (Å²) in [5, 5.41) is 15.9. The van der Waals surface area contributed by atoms with E-state index in [0.717, 1.165) is 27.9 Å². The van der Waals surface area contributed by atoms with Crippen LogP contribution in [0.4, 0.5) is 5.69 Å². The number of methoxy groups -OCH3 is 1. The van der Waals surface area contributed by atoms with E-state index >= 15 is 0 Å². The molecule has 0 saturated heterocycles. The maximum atomic E-state index is 11.5. The number of allylic oxidation sites excluding steroid dienone is 2. The molecule has 6 nitrogen and oxygen atoms in total. The Balaban J connectivity index is 2.09. The van der Waals surface area contributed by atoms with Crippen LogP contribution in [0.25, 0.3) is 34.3 Å². The summed E-state index contributed by atoms with van der Waals surface area (Å²) in [7, 11) is 1.58. The first-order valence-electron chi connectivity index (χ1n) is 7.54. The van der Waals surface area contributed by atoms with E-state index < -0.39 is 0 Å². The quantitative estimate of drug-likeness (QED) is 0.648. The Morgan fingerprint density at radius 1 is 1.29 bits per heavy atom. The van der Waals surface area contributed by atoms with Gasteiger partial charge in [0.05, 0.1) is 18.4 Å². The Bertz CT molecular complexity index is 1100. The Hall–Kier alpha value is -3.28. The van der Waals surface area contributed by atoms with Gasteiger partial charge in [-0.1, -0.05) is 24.3 Å². The summed E-state index contributed by atoms with van der Waals surface area (Å²) in [5.74, 6) is 0.646. The first-order chi connectivity index (χ1) is 11.7. The van der Waals surface area contributed by atoms with Gasteiger partial charge in [0, 0.05) is 21.5 Å². The van der Waals surface area contributed by atoms with Gasteiger partial charge in [0.1, 0.15) is 11.4 Å². The van der Waals surface area contributed by atoms with Crippen molar-refractivity contribution in [2.24, 2.45) is 5.18 Å². The summed E-state index contributed by atoms with van der Waals surface area (Å²) in [5.41, 5.74) is 2.04. The van der Waals surface area contributed by atoms with Crippen LogP contribution in [0.3, 0.4) is 0 Å². The van der Waals surface area contributed by atoms with Crippen molar-refractivity contribution in [3.8, 4) is 22.9 Å². The summed E-state index contributed by atoms with van der Waals surface area (Å²) in [6, 6.07) is 5.44. The molecule has 2 aromatic heterocycles. The van der Waals surface area contributed by atoms with Gasteiger partial charge in [0.25, 0.3) is 0 Å². The molecule has 0 unspecified atom stereocenters. The first kappa shape index (κ1) is 14.3. The van der Waals surface area contributed by atoms with E-state index in [0.29, 0.717) is 17.0 Å². The molecule has 24 heavy (non-hydrogen) atoms. The van der Waals surface area contributed by atoms with Crippen LogP contribution in [0.5, 0.6) is 11.6 Å². The maximum absolute atomic E-state index is 11.5. The number of nitrogens with one attached hydrogen (secondary N) is 2. The average molecular weight is 321 g/mol. The molecule has 0 saturated carbocycles. The number of nitroso groups, excluding NO2 is 1. The molecular weight excluding hydrogens is 306 g/mol. The number of ether oxygens (including phenoxy) is 1. The van der Waals surface area contributed by atoms with Gasteiger partial charge in [-0.15, -0.1) is 4.91 Å². The van der Waals surface area contributed by atoms with E-state index in [1.54, 1.807) is 13.2 Å². The predicted octanol–water partition coefficient (Wildman–Crippen LogP) is 2.80. The zero-order valence-corrected chi connectivity index (χ0v) is 13.0. The third-order valence-electron chi connectivity index (χ3n) is 4.23. The van der Waals surface area contributed by atoms with Crippen molar-refractivity contribution in [3.63, 3.8) is 0 Å². The van der Waals surface area contributed by atoms with Gasteiger partial charge in [-0.2, -0.15) is 0 Å². The monoisotopic (exact) mass is 321 g/mol. The fourth-order valence-corrected chi connectivity index (χ4v) is 3.09. The van der Waals surface area contributed by atoms with Crippen molar-refractivity contribution in [1.29, 1.82) is 0 Å². The van der Waals surface area contributed by atoms with E-state index in [2.05, 4.69) is 15.1 Å². The molecule has 0 bridgehead atoms. The second kappa shape index (κ2) is 5.42. The fourth-order valence-electron chi connectivity index (χ4n) is 3.09. The average Bonchev–Trinajstić information content (AvgIpc) is 3.00. The predicted molar refractivity (Wildman–Crippen MR) is 93.7 cm³/mol. The molecule has 0 atom stereocenters. The summed E-state index contributed by atoms with van der Waals surface area (Å²) >= 11 is 0. The fraction of sp³-hybridized carbons (Fsp3) is 0.111. The number of fused-ring (bicyclic) bond motifs is 2. The molecule has 0 spiro atoms. The molecule has 1 aliphatic carbocycles. The van der Waals surface area contributed by atoms with Crippen molar-refractivity contribution in [2.45, 2.75) is 6.42 Å². The van der Waals surface area contributed by atoms with E-state index in [1.165, 1.54) is 0 Å². The third kappa shape index (κ3) is 2.04. The van der Waals surface area contributed by atoms with Crippen molar-refractivity contribution in [2.75, 3.05) is 7.11 Å². The number of nitrogens with zero attached hydrogens (tertiary/aromatic N) is 1. The van der Waals surface area contributed by atoms with Gasteiger partial charge in [-0.3, -0.25) is 0 Å². The van der Waals surface area contributed by atoms with Crippen LogP contribution in [0, 0.1) is 4.91 Å². The minimum absolute atomic E-state index is 0.0184. The van der Waals surface area contributed by atoms with Gasteiger partial charge < -0.3 is 19.8 Å². The summed E-state index contributed by atoms with van der Waals surface area (Å²) < 4.78 is 5.26. The standard InChI is InChI=1S/C18H15N3O3/c1-24-10-7-8-14-12(9-10)15(18(22)20-14)17-16(21-23)11-5-3-2-4-6-13(11)19-17/h2-3,5-9,19-20,22H,4H2,1H3. The highest BCUT2D eigenvalue weighted by Crippen LogP contribution is 2.39. The first-order valence-corrected chi connectivity index (χ1v) is 7.54. The lowest BCUT2D eigenvalue weighted by molar-refractivity contribution is 0.415. The molecule has 3 N–H and O–H groups in total. The number of aromatic nitrogens is 2. The van der Waals surface area contributed by atoms with Crippen molar-refractivity contribution in [3.05, 3.63) is 45.8 Å². The summed E-state index contributed by atoms with van der Waals surface area (Å²) in [6.45, 7) is 0. The molecule has 0 amide bonds. The molecule has 4 rings (SSSR count). The maximum Gasteiger partial charge on any atom is 0.199 e. The van der Waals surface area contributed by atoms with Gasteiger partial charge in [0.2, 0.25) is 0 Å². The van der Waals surface area contributed by atoms with Crippen LogP contribution in [-0.2, 0) is 0 Å². The number of aromatic amines is 2. The smallest absolute Gasteiger partial charge is 0.199 e. The topological polar surface area (TPSA) is 90.5 Å².